The van der Waals surface area contributed by atoms with Crippen molar-refractivity contribution in [1.82, 2.24) is 4.90 Å². The van der Waals surface area contributed by atoms with Crippen LogP contribution in [0.15, 0.2) is 42.5 Å². The molecule has 1 saturated heterocycles. The summed E-state index contributed by atoms with van der Waals surface area (Å²) in [6, 6.07) is 13.3. The average Bonchev–Trinajstić information content (AvgIpc) is 3.01. The first-order valence-corrected chi connectivity index (χ1v) is 8.62. The Morgan fingerprint density at radius 3 is 2.45 bits per heavy atom. The number of nitrogens with zero attached hydrogens (tertiary/aromatic N) is 1. The zero-order chi connectivity index (χ0) is 15.5. The maximum absolute atomic E-state index is 12.4. The number of hydrogen-bond donors (Lipinski definition) is 1. The molecule has 0 radical (unpaired) electrons. The van der Waals surface area contributed by atoms with Crippen LogP contribution in [0.25, 0.3) is 0 Å². The smallest absolute Gasteiger partial charge is 0.263 e. The Kier molecular flexibility index (Phi) is 4.81. The standard InChI is InChI=1S/C17H18ClNO2S/c18-15-7-6-14(22-15)17(21)19-10-8-13(9-11-19)16(20)12-4-2-1-3-5-12/h1-7,13,16,20H,8-11H2/t16-/m0/s1. The van der Waals surface area contributed by atoms with Crippen LogP contribution >= 0.6 is 22.9 Å². The van der Waals surface area contributed by atoms with E-state index in [1.165, 1.54) is 11.3 Å². The number of piperidine rings is 1. The number of rotatable bonds is 3. The molecule has 1 N–H and O–H groups in total. The molecule has 22 heavy (non-hydrogen) atoms. The zero-order valence-electron chi connectivity index (χ0n) is 12.1. The van der Waals surface area contributed by atoms with Gasteiger partial charge in [-0.3, -0.25) is 4.79 Å². The number of likely N-dealkylation sites (tertiary alicyclic amines) is 1. The molecule has 1 fully saturated rings. The van der Waals surface area contributed by atoms with Gasteiger partial charge in [-0.1, -0.05) is 41.9 Å². The van der Waals surface area contributed by atoms with Gasteiger partial charge < -0.3 is 10.0 Å². The Hall–Kier alpha value is -1.36. The van der Waals surface area contributed by atoms with Crippen molar-refractivity contribution >= 4 is 28.8 Å². The van der Waals surface area contributed by atoms with Crippen LogP contribution in [0, 0.1) is 5.92 Å². The van der Waals surface area contributed by atoms with Gasteiger partial charge in [0.2, 0.25) is 0 Å². The van der Waals surface area contributed by atoms with Gasteiger partial charge in [0.1, 0.15) is 0 Å². The van der Waals surface area contributed by atoms with Crippen LogP contribution in [0.1, 0.15) is 34.2 Å². The number of hydrogen-bond acceptors (Lipinski definition) is 3. The molecule has 0 saturated carbocycles. The first kappa shape index (κ1) is 15.5. The van der Waals surface area contributed by atoms with Gasteiger partial charge >= 0.3 is 0 Å². The summed E-state index contributed by atoms with van der Waals surface area (Å²) in [5.74, 6) is 0.253. The lowest BCUT2D eigenvalue weighted by molar-refractivity contribution is 0.0465. The van der Waals surface area contributed by atoms with Gasteiger partial charge in [-0.15, -0.1) is 11.3 Å². The van der Waals surface area contributed by atoms with Crippen LogP contribution in [0.4, 0.5) is 0 Å². The average molecular weight is 336 g/mol. The van der Waals surface area contributed by atoms with E-state index in [9.17, 15) is 9.90 Å². The quantitative estimate of drug-likeness (QED) is 0.921. The molecule has 3 rings (SSSR count). The van der Waals surface area contributed by atoms with Gasteiger partial charge in [0.25, 0.3) is 5.91 Å². The number of aliphatic hydroxyl groups is 1. The van der Waals surface area contributed by atoms with E-state index in [1.54, 1.807) is 12.1 Å². The van der Waals surface area contributed by atoms with Crippen molar-refractivity contribution in [3.63, 3.8) is 0 Å². The highest BCUT2D eigenvalue weighted by Gasteiger charge is 2.29. The number of thiophene rings is 1. The zero-order valence-corrected chi connectivity index (χ0v) is 13.7. The van der Waals surface area contributed by atoms with Crippen LogP contribution in [0.2, 0.25) is 4.34 Å². The van der Waals surface area contributed by atoms with Crippen molar-refractivity contribution in [3.8, 4) is 0 Å². The van der Waals surface area contributed by atoms with Crippen molar-refractivity contribution in [2.24, 2.45) is 5.92 Å². The maximum Gasteiger partial charge on any atom is 0.263 e. The number of carbonyl (C=O) groups excluding carboxylic acids is 1. The van der Waals surface area contributed by atoms with Gasteiger partial charge in [0.15, 0.2) is 0 Å². The van der Waals surface area contributed by atoms with Crippen molar-refractivity contribution in [3.05, 3.63) is 57.2 Å². The summed E-state index contributed by atoms with van der Waals surface area (Å²) >= 11 is 7.21. The number of carbonyl (C=O) groups is 1. The van der Waals surface area contributed by atoms with Gasteiger partial charge in [-0.25, -0.2) is 0 Å². The van der Waals surface area contributed by atoms with Gasteiger partial charge in [0, 0.05) is 13.1 Å². The summed E-state index contributed by atoms with van der Waals surface area (Å²) in [5.41, 5.74) is 0.956. The Morgan fingerprint density at radius 1 is 1.18 bits per heavy atom. The minimum Gasteiger partial charge on any atom is -0.388 e. The van der Waals surface area contributed by atoms with Crippen LogP contribution in [0.5, 0.6) is 0 Å². The maximum atomic E-state index is 12.4. The highest BCUT2D eigenvalue weighted by Crippen LogP contribution is 2.31. The highest BCUT2D eigenvalue weighted by molar-refractivity contribution is 7.17. The molecule has 0 unspecified atom stereocenters. The van der Waals surface area contributed by atoms with E-state index in [4.69, 9.17) is 11.6 Å². The fraction of sp³-hybridized carbons (Fsp3) is 0.353. The summed E-state index contributed by atoms with van der Waals surface area (Å²) in [7, 11) is 0. The van der Waals surface area contributed by atoms with E-state index in [0.717, 1.165) is 18.4 Å². The summed E-state index contributed by atoms with van der Waals surface area (Å²) in [6.45, 7) is 1.37. The molecule has 0 bridgehead atoms. The Bertz CT molecular complexity index is 635. The van der Waals surface area contributed by atoms with Crippen molar-refractivity contribution in [2.75, 3.05) is 13.1 Å². The Balaban J connectivity index is 1.59. The minimum absolute atomic E-state index is 0.0459. The second-order valence-corrected chi connectivity index (χ2v) is 7.30. The van der Waals surface area contributed by atoms with Gasteiger partial charge in [-0.2, -0.15) is 0 Å². The van der Waals surface area contributed by atoms with Crippen molar-refractivity contribution < 1.29 is 9.90 Å². The second-order valence-electron chi connectivity index (χ2n) is 5.59. The molecule has 1 amide bonds. The topological polar surface area (TPSA) is 40.5 Å². The molecular formula is C17H18ClNO2S. The van der Waals surface area contributed by atoms with Crippen molar-refractivity contribution in [1.29, 1.82) is 0 Å². The molecule has 3 nitrogen and oxygen atoms in total. The fourth-order valence-electron chi connectivity index (χ4n) is 2.93. The van der Waals surface area contributed by atoms with E-state index in [2.05, 4.69) is 0 Å². The third kappa shape index (κ3) is 3.35. The number of benzene rings is 1. The SMILES string of the molecule is O=C(c1ccc(Cl)s1)N1CCC([C@@H](O)c2ccccc2)CC1. The fourth-order valence-corrected chi connectivity index (χ4v) is 3.94. The van der Waals surface area contributed by atoms with Gasteiger partial charge in [-0.05, 0) is 36.5 Å². The molecule has 0 spiro atoms. The number of amides is 1. The largest absolute Gasteiger partial charge is 0.388 e. The third-order valence-electron chi connectivity index (χ3n) is 4.20. The lowest BCUT2D eigenvalue weighted by Gasteiger charge is -2.34. The first-order chi connectivity index (χ1) is 10.6. The monoisotopic (exact) mass is 335 g/mol. The summed E-state index contributed by atoms with van der Waals surface area (Å²) in [5, 5.41) is 10.5. The number of halogens is 1. The lowest BCUT2D eigenvalue weighted by atomic mass is 9.87. The molecule has 0 aliphatic carbocycles. The molecule has 5 heteroatoms. The molecule has 1 aliphatic rings. The number of aliphatic hydroxyl groups excluding tert-OH is 1. The molecule has 1 atom stereocenters. The molecule has 2 aromatic rings. The molecule has 1 aliphatic heterocycles. The van der Waals surface area contributed by atoms with Crippen LogP contribution in [-0.2, 0) is 0 Å². The van der Waals surface area contributed by atoms with E-state index in [0.29, 0.717) is 22.3 Å². The minimum atomic E-state index is -0.449. The molecule has 1 aromatic carbocycles. The van der Waals surface area contributed by atoms with Crippen molar-refractivity contribution in [2.45, 2.75) is 18.9 Å². The molecule has 116 valence electrons. The van der Waals surface area contributed by atoms with Crippen LogP contribution in [-0.4, -0.2) is 29.0 Å². The third-order valence-corrected chi connectivity index (χ3v) is 5.42. The normalized spacial score (nSPS) is 17.5. The van der Waals surface area contributed by atoms with E-state index in [-0.39, 0.29) is 11.8 Å². The summed E-state index contributed by atoms with van der Waals surface area (Å²) in [4.78, 5) is 14.9. The molecular weight excluding hydrogens is 318 g/mol. The lowest BCUT2D eigenvalue weighted by Crippen LogP contribution is -2.39. The second kappa shape index (κ2) is 6.82. The van der Waals surface area contributed by atoms with Crippen LogP contribution < -0.4 is 0 Å². The highest BCUT2D eigenvalue weighted by atomic mass is 35.5. The predicted octanol–water partition coefficient (Wildman–Crippen LogP) is 3.99. The van der Waals surface area contributed by atoms with E-state index >= 15 is 0 Å². The van der Waals surface area contributed by atoms with Gasteiger partial charge in [0.05, 0.1) is 15.3 Å². The Labute approximate surface area is 139 Å². The van der Waals surface area contributed by atoms with Crippen LogP contribution in [0.3, 0.4) is 0 Å². The first-order valence-electron chi connectivity index (χ1n) is 7.43. The van der Waals surface area contributed by atoms with E-state index in [1.807, 2.05) is 35.2 Å². The summed E-state index contributed by atoms with van der Waals surface area (Å²) in [6.07, 6.45) is 1.19. The summed E-state index contributed by atoms with van der Waals surface area (Å²) < 4.78 is 0.637. The Morgan fingerprint density at radius 2 is 1.86 bits per heavy atom. The predicted molar refractivity (Wildman–Crippen MR) is 89.4 cm³/mol. The molecule has 2 heterocycles. The molecule has 1 aromatic heterocycles. The van der Waals surface area contributed by atoms with E-state index < -0.39 is 6.10 Å².